The second kappa shape index (κ2) is 6.47. The van der Waals surface area contributed by atoms with Gasteiger partial charge in [0.25, 0.3) is 0 Å². The van der Waals surface area contributed by atoms with Crippen molar-refractivity contribution in [1.82, 2.24) is 5.32 Å². The van der Waals surface area contributed by atoms with Gasteiger partial charge >= 0.3 is 5.69 Å². The lowest BCUT2D eigenvalue weighted by atomic mass is 10.2. The number of amides is 1. The van der Waals surface area contributed by atoms with Crippen LogP contribution in [0.15, 0.2) is 12.1 Å². The first-order chi connectivity index (χ1) is 9.97. The van der Waals surface area contributed by atoms with Crippen LogP contribution in [0.5, 0.6) is 0 Å². The Morgan fingerprint density at radius 1 is 1.38 bits per heavy atom. The fourth-order valence-corrected chi connectivity index (χ4v) is 1.89. The summed E-state index contributed by atoms with van der Waals surface area (Å²) in [5.41, 5.74) is -1.01. The maximum atomic E-state index is 13.4. The molecule has 2 rings (SSSR count). The molecule has 0 aliphatic heterocycles. The molecule has 1 aromatic rings. The monoisotopic (exact) mass is 299 g/mol. The van der Waals surface area contributed by atoms with Gasteiger partial charge in [0, 0.05) is 31.1 Å². The number of nitro groups is 1. The zero-order valence-corrected chi connectivity index (χ0v) is 11.2. The molecule has 8 heteroatoms. The average Bonchev–Trinajstić information content (AvgIpc) is 3.17. The summed E-state index contributed by atoms with van der Waals surface area (Å²) in [4.78, 5) is 21.3. The summed E-state index contributed by atoms with van der Waals surface area (Å²) in [5, 5.41) is 16.2. The van der Waals surface area contributed by atoms with Gasteiger partial charge in [0.2, 0.25) is 11.7 Å². The molecule has 0 spiro atoms. The molecule has 0 heterocycles. The van der Waals surface area contributed by atoms with Gasteiger partial charge < -0.3 is 10.6 Å². The molecule has 0 bridgehead atoms. The molecule has 0 unspecified atom stereocenters. The quantitative estimate of drug-likeness (QED) is 0.460. The maximum Gasteiger partial charge on any atom is 0.327 e. The molecule has 114 valence electrons. The lowest BCUT2D eigenvalue weighted by molar-refractivity contribution is -0.386. The molecule has 1 aliphatic rings. The summed E-state index contributed by atoms with van der Waals surface area (Å²) in [6.45, 7) is 0.210. The van der Waals surface area contributed by atoms with Gasteiger partial charge in [-0.05, 0) is 19.3 Å². The molecule has 0 radical (unpaired) electrons. The van der Waals surface area contributed by atoms with Gasteiger partial charge in [-0.2, -0.15) is 4.39 Å². The Bertz CT molecular complexity index is 562. The van der Waals surface area contributed by atoms with Gasteiger partial charge in [-0.15, -0.1) is 0 Å². The first kappa shape index (κ1) is 15.1. The molecule has 21 heavy (non-hydrogen) atoms. The fraction of sp³-hybridized carbons (Fsp3) is 0.462. The maximum absolute atomic E-state index is 13.4. The van der Waals surface area contributed by atoms with E-state index < -0.39 is 22.2 Å². The third-order valence-electron chi connectivity index (χ3n) is 3.05. The topological polar surface area (TPSA) is 84.3 Å². The second-order valence-corrected chi connectivity index (χ2v) is 4.91. The van der Waals surface area contributed by atoms with Crippen molar-refractivity contribution in [1.29, 1.82) is 0 Å². The Kier molecular flexibility index (Phi) is 4.66. The number of nitrogens with zero attached hydrogens (tertiary/aromatic N) is 1. The predicted octanol–water partition coefficient (Wildman–Crippen LogP) is 2.34. The first-order valence-electron chi connectivity index (χ1n) is 6.64. The first-order valence-corrected chi connectivity index (χ1v) is 6.64. The van der Waals surface area contributed by atoms with E-state index in [2.05, 4.69) is 10.6 Å². The highest BCUT2D eigenvalue weighted by molar-refractivity contribution is 5.76. The summed E-state index contributed by atoms with van der Waals surface area (Å²) in [7, 11) is 0. The number of rotatable bonds is 7. The van der Waals surface area contributed by atoms with Crippen LogP contribution in [0.2, 0.25) is 0 Å². The van der Waals surface area contributed by atoms with Gasteiger partial charge in [-0.25, -0.2) is 4.39 Å². The highest BCUT2D eigenvalue weighted by Crippen LogP contribution is 2.28. The summed E-state index contributed by atoms with van der Waals surface area (Å²) in [6, 6.07) is 1.61. The van der Waals surface area contributed by atoms with Crippen LogP contribution < -0.4 is 10.6 Å². The molecule has 1 aliphatic carbocycles. The Morgan fingerprint density at radius 2 is 2.10 bits per heavy atom. The van der Waals surface area contributed by atoms with Crippen molar-refractivity contribution in [2.75, 3.05) is 11.9 Å². The minimum absolute atomic E-state index is 0.0841. The number of benzene rings is 1. The molecule has 1 amide bonds. The van der Waals surface area contributed by atoms with Crippen LogP contribution in [0.3, 0.4) is 0 Å². The van der Waals surface area contributed by atoms with Crippen molar-refractivity contribution >= 4 is 17.3 Å². The fourth-order valence-electron chi connectivity index (χ4n) is 1.89. The number of nitro benzene ring substituents is 1. The molecule has 0 saturated heterocycles. The van der Waals surface area contributed by atoms with Gasteiger partial charge in [-0.1, -0.05) is 0 Å². The van der Waals surface area contributed by atoms with E-state index in [-0.39, 0.29) is 30.6 Å². The average molecular weight is 299 g/mol. The minimum Gasteiger partial charge on any atom is -0.379 e. The predicted molar refractivity (Wildman–Crippen MR) is 71.9 cm³/mol. The number of carbonyl (C=O) groups excluding carboxylic acids is 1. The van der Waals surface area contributed by atoms with Crippen molar-refractivity contribution in [3.8, 4) is 0 Å². The van der Waals surface area contributed by atoms with E-state index in [9.17, 15) is 23.7 Å². The summed E-state index contributed by atoms with van der Waals surface area (Å²) in [5.74, 6) is -2.21. The van der Waals surface area contributed by atoms with Crippen molar-refractivity contribution < 1.29 is 18.5 Å². The largest absolute Gasteiger partial charge is 0.379 e. The van der Waals surface area contributed by atoms with Crippen molar-refractivity contribution in [2.24, 2.45) is 0 Å². The number of hydrogen-bond donors (Lipinski definition) is 2. The molecule has 0 atom stereocenters. The number of halogens is 2. The van der Waals surface area contributed by atoms with Crippen molar-refractivity contribution in [3.63, 3.8) is 0 Å². The smallest absolute Gasteiger partial charge is 0.327 e. The summed E-state index contributed by atoms with van der Waals surface area (Å²) >= 11 is 0. The number of nitrogens with one attached hydrogen (secondary N) is 2. The molecule has 2 N–H and O–H groups in total. The Balaban J connectivity index is 1.87. The Hall–Kier alpha value is -2.25. The number of carbonyl (C=O) groups is 1. The Morgan fingerprint density at radius 3 is 2.71 bits per heavy atom. The zero-order valence-electron chi connectivity index (χ0n) is 11.2. The van der Waals surface area contributed by atoms with E-state index in [1.54, 1.807) is 0 Å². The van der Waals surface area contributed by atoms with Crippen LogP contribution in [0.1, 0.15) is 25.7 Å². The van der Waals surface area contributed by atoms with Gasteiger partial charge in [0.05, 0.1) is 4.92 Å². The highest BCUT2D eigenvalue weighted by Gasteiger charge is 2.23. The molecule has 1 saturated carbocycles. The molecule has 0 aromatic heterocycles. The van der Waals surface area contributed by atoms with Crippen LogP contribution in [-0.4, -0.2) is 23.4 Å². The van der Waals surface area contributed by atoms with E-state index in [1.165, 1.54) is 0 Å². The molecular weight excluding hydrogens is 284 g/mol. The van der Waals surface area contributed by atoms with E-state index >= 15 is 0 Å². The van der Waals surface area contributed by atoms with Crippen LogP contribution >= 0.6 is 0 Å². The van der Waals surface area contributed by atoms with E-state index in [0.29, 0.717) is 12.5 Å². The van der Waals surface area contributed by atoms with Gasteiger partial charge in [0.15, 0.2) is 0 Å². The zero-order chi connectivity index (χ0) is 15.4. The SMILES string of the molecule is O=C(CCCNc1cc(F)cc(F)c1[N+](=O)[O-])NC1CC1. The lowest BCUT2D eigenvalue weighted by Gasteiger charge is -2.08. The van der Waals surface area contributed by atoms with Gasteiger partial charge in [0.1, 0.15) is 11.5 Å². The van der Waals surface area contributed by atoms with E-state index in [1.807, 2.05) is 0 Å². The Labute approximate surface area is 119 Å². The van der Waals surface area contributed by atoms with E-state index in [0.717, 1.165) is 18.9 Å². The summed E-state index contributed by atoms with van der Waals surface area (Å²) < 4.78 is 26.5. The molecule has 1 fully saturated rings. The second-order valence-electron chi connectivity index (χ2n) is 4.91. The third kappa shape index (κ3) is 4.37. The minimum atomic E-state index is -1.23. The van der Waals surface area contributed by atoms with Crippen LogP contribution in [0.25, 0.3) is 0 Å². The normalized spacial score (nSPS) is 13.8. The molecule has 6 nitrogen and oxygen atoms in total. The van der Waals surface area contributed by atoms with Crippen LogP contribution in [-0.2, 0) is 4.79 Å². The summed E-state index contributed by atoms with van der Waals surface area (Å²) in [6.07, 6.45) is 2.67. The molecule has 1 aromatic carbocycles. The van der Waals surface area contributed by atoms with Crippen molar-refractivity contribution in [2.45, 2.75) is 31.7 Å². The number of anilines is 1. The highest BCUT2D eigenvalue weighted by atomic mass is 19.1. The molecular formula is C13H15F2N3O3. The van der Waals surface area contributed by atoms with Gasteiger partial charge in [-0.3, -0.25) is 14.9 Å². The lowest BCUT2D eigenvalue weighted by Crippen LogP contribution is -2.25. The number of hydrogen-bond acceptors (Lipinski definition) is 4. The van der Waals surface area contributed by atoms with Crippen LogP contribution in [0.4, 0.5) is 20.2 Å². The standard InChI is InChI=1S/C13H15F2N3O3/c14-8-6-10(15)13(18(20)21)11(7-8)16-5-1-2-12(19)17-9-3-4-9/h6-7,9,16H,1-5H2,(H,17,19). The van der Waals surface area contributed by atoms with E-state index in [4.69, 9.17) is 0 Å². The third-order valence-corrected chi connectivity index (χ3v) is 3.05. The van der Waals surface area contributed by atoms with Crippen molar-refractivity contribution in [3.05, 3.63) is 33.9 Å². The van der Waals surface area contributed by atoms with Crippen LogP contribution in [0, 0.1) is 21.7 Å².